The number of nitrogens with zero attached hydrogens (tertiary/aromatic N) is 1. The lowest BCUT2D eigenvalue weighted by Gasteiger charge is -2.04. The molecule has 1 rings (SSSR count). The molecule has 0 radical (unpaired) electrons. The molecule has 0 amide bonds. The fourth-order valence-corrected chi connectivity index (χ4v) is 1.08. The first-order chi connectivity index (χ1) is 5.25. The molecule has 0 unspecified atom stereocenters. The highest BCUT2D eigenvalue weighted by atomic mass is 35.5. The molecule has 0 bridgehead atoms. The van der Waals surface area contributed by atoms with Gasteiger partial charge < -0.3 is 5.73 Å². The van der Waals surface area contributed by atoms with Crippen LogP contribution < -0.4 is 5.73 Å². The van der Waals surface area contributed by atoms with Gasteiger partial charge in [0.2, 0.25) is 0 Å². The quantitative estimate of drug-likeness (QED) is 0.763. The number of rotatable bonds is 2. The van der Waals surface area contributed by atoms with Crippen molar-refractivity contribution >= 4 is 12.4 Å². The number of hydrogen-bond donors (Lipinski definition) is 1. The van der Waals surface area contributed by atoms with Crippen molar-refractivity contribution in [1.82, 2.24) is 4.98 Å². The number of nitrogens with two attached hydrogens (primary N) is 1. The van der Waals surface area contributed by atoms with E-state index in [1.165, 1.54) is 11.1 Å². The first-order valence-corrected chi connectivity index (χ1v) is 3.87. The number of pyridine rings is 1. The summed E-state index contributed by atoms with van der Waals surface area (Å²) in [7, 11) is 0. The Kier molecular flexibility index (Phi) is 4.86. The average molecular weight is 187 g/mol. The second-order valence-electron chi connectivity index (χ2n) is 2.74. The summed E-state index contributed by atoms with van der Waals surface area (Å²) in [5, 5.41) is 0. The zero-order chi connectivity index (χ0) is 8.27. The summed E-state index contributed by atoms with van der Waals surface area (Å²) in [6.07, 6.45) is 2.72. The summed E-state index contributed by atoms with van der Waals surface area (Å²) in [5.74, 6) is 0. The first kappa shape index (κ1) is 11.4. The van der Waals surface area contributed by atoms with E-state index in [9.17, 15) is 0 Å². The van der Waals surface area contributed by atoms with Crippen molar-refractivity contribution in [2.24, 2.45) is 5.73 Å². The largest absolute Gasteiger partial charge is 0.330 e. The van der Waals surface area contributed by atoms with Crippen LogP contribution in [0.4, 0.5) is 0 Å². The molecule has 3 heteroatoms. The Labute approximate surface area is 79.6 Å². The number of aryl methyl sites for hydroxylation is 1. The zero-order valence-corrected chi connectivity index (χ0v) is 8.32. The highest BCUT2D eigenvalue weighted by Crippen LogP contribution is 2.09. The minimum atomic E-state index is 0. The standard InChI is InChI=1S/C9H14N2.ClH/c1-7-4-6-11-9(3-5-10)8(7)2;/h4,6H,3,5,10H2,1-2H3;1H. The van der Waals surface area contributed by atoms with Crippen molar-refractivity contribution in [3.05, 3.63) is 29.1 Å². The molecule has 12 heavy (non-hydrogen) atoms. The molecule has 0 fully saturated rings. The van der Waals surface area contributed by atoms with E-state index in [1.807, 2.05) is 12.3 Å². The maximum Gasteiger partial charge on any atom is 0.0447 e. The Hall–Kier alpha value is -0.600. The van der Waals surface area contributed by atoms with Gasteiger partial charge in [-0.2, -0.15) is 0 Å². The van der Waals surface area contributed by atoms with E-state index in [0.29, 0.717) is 6.54 Å². The van der Waals surface area contributed by atoms with Crippen LogP contribution in [0.15, 0.2) is 12.3 Å². The SMILES string of the molecule is Cc1ccnc(CCN)c1C.Cl. The predicted octanol–water partition coefficient (Wildman–Crippen LogP) is 1.62. The molecule has 1 aromatic rings. The van der Waals surface area contributed by atoms with E-state index >= 15 is 0 Å². The van der Waals surface area contributed by atoms with Crippen LogP contribution in [0.2, 0.25) is 0 Å². The topological polar surface area (TPSA) is 38.9 Å². The van der Waals surface area contributed by atoms with Gasteiger partial charge in [0.15, 0.2) is 0 Å². The van der Waals surface area contributed by atoms with E-state index in [1.54, 1.807) is 0 Å². The number of hydrogen-bond acceptors (Lipinski definition) is 2. The maximum atomic E-state index is 5.44. The molecule has 0 spiro atoms. The van der Waals surface area contributed by atoms with E-state index in [-0.39, 0.29) is 12.4 Å². The Morgan fingerprint density at radius 3 is 2.67 bits per heavy atom. The van der Waals surface area contributed by atoms with E-state index < -0.39 is 0 Å². The van der Waals surface area contributed by atoms with Crippen LogP contribution in [0.1, 0.15) is 16.8 Å². The third-order valence-electron chi connectivity index (χ3n) is 1.96. The van der Waals surface area contributed by atoms with Crippen molar-refractivity contribution in [3.8, 4) is 0 Å². The summed E-state index contributed by atoms with van der Waals surface area (Å²) < 4.78 is 0. The van der Waals surface area contributed by atoms with E-state index in [4.69, 9.17) is 5.73 Å². The fourth-order valence-electron chi connectivity index (χ4n) is 1.08. The lowest BCUT2D eigenvalue weighted by Crippen LogP contribution is -2.06. The van der Waals surface area contributed by atoms with Crippen LogP contribution >= 0.6 is 12.4 Å². The molecular weight excluding hydrogens is 172 g/mol. The van der Waals surface area contributed by atoms with Gasteiger partial charge in [0, 0.05) is 18.3 Å². The van der Waals surface area contributed by atoms with Crippen molar-refractivity contribution in [3.63, 3.8) is 0 Å². The van der Waals surface area contributed by atoms with Gasteiger partial charge in [-0.05, 0) is 37.6 Å². The summed E-state index contributed by atoms with van der Waals surface area (Å²) in [6.45, 7) is 4.86. The van der Waals surface area contributed by atoms with Gasteiger partial charge in [0.25, 0.3) is 0 Å². The predicted molar refractivity (Wildman–Crippen MR) is 53.7 cm³/mol. The monoisotopic (exact) mass is 186 g/mol. The Balaban J connectivity index is 0.00000121. The molecule has 0 saturated heterocycles. The van der Waals surface area contributed by atoms with Crippen molar-refractivity contribution < 1.29 is 0 Å². The van der Waals surface area contributed by atoms with Crippen molar-refractivity contribution in [2.75, 3.05) is 6.54 Å². The van der Waals surface area contributed by atoms with Crippen molar-refractivity contribution in [2.45, 2.75) is 20.3 Å². The minimum Gasteiger partial charge on any atom is -0.330 e. The second kappa shape index (κ2) is 5.12. The molecule has 0 aromatic carbocycles. The molecule has 68 valence electrons. The van der Waals surface area contributed by atoms with Crippen LogP contribution in [0.25, 0.3) is 0 Å². The molecule has 0 atom stereocenters. The van der Waals surface area contributed by atoms with Gasteiger partial charge in [-0.25, -0.2) is 0 Å². The smallest absolute Gasteiger partial charge is 0.0447 e. The molecule has 0 aliphatic heterocycles. The van der Waals surface area contributed by atoms with Gasteiger partial charge in [0.05, 0.1) is 0 Å². The third-order valence-corrected chi connectivity index (χ3v) is 1.96. The lowest BCUT2D eigenvalue weighted by molar-refractivity contribution is 0.905. The highest BCUT2D eigenvalue weighted by molar-refractivity contribution is 5.85. The summed E-state index contributed by atoms with van der Waals surface area (Å²) in [6, 6.07) is 2.02. The Morgan fingerprint density at radius 2 is 2.08 bits per heavy atom. The third kappa shape index (κ3) is 2.47. The normalized spacial score (nSPS) is 9.25. The minimum absolute atomic E-state index is 0. The summed E-state index contributed by atoms with van der Waals surface area (Å²) >= 11 is 0. The highest BCUT2D eigenvalue weighted by Gasteiger charge is 1.99. The van der Waals surface area contributed by atoms with Gasteiger partial charge in [-0.3, -0.25) is 4.98 Å². The maximum absolute atomic E-state index is 5.44. The summed E-state index contributed by atoms with van der Waals surface area (Å²) in [5.41, 5.74) is 9.14. The molecule has 0 saturated carbocycles. The van der Waals surface area contributed by atoms with Crippen LogP contribution in [0, 0.1) is 13.8 Å². The molecule has 1 heterocycles. The molecular formula is C9H15ClN2. The van der Waals surface area contributed by atoms with E-state index in [2.05, 4.69) is 18.8 Å². The number of aromatic nitrogens is 1. The second-order valence-corrected chi connectivity index (χ2v) is 2.74. The first-order valence-electron chi connectivity index (χ1n) is 3.87. The summed E-state index contributed by atoms with van der Waals surface area (Å²) in [4.78, 5) is 4.25. The van der Waals surface area contributed by atoms with E-state index in [0.717, 1.165) is 12.1 Å². The molecule has 1 aromatic heterocycles. The van der Waals surface area contributed by atoms with Crippen LogP contribution in [-0.4, -0.2) is 11.5 Å². The van der Waals surface area contributed by atoms with Crippen LogP contribution in [-0.2, 0) is 6.42 Å². The van der Waals surface area contributed by atoms with Gasteiger partial charge >= 0.3 is 0 Å². The Bertz CT molecular complexity index is 248. The lowest BCUT2D eigenvalue weighted by atomic mass is 10.1. The van der Waals surface area contributed by atoms with Gasteiger partial charge in [-0.1, -0.05) is 0 Å². The molecule has 0 aliphatic rings. The van der Waals surface area contributed by atoms with Gasteiger partial charge in [-0.15, -0.1) is 12.4 Å². The van der Waals surface area contributed by atoms with Crippen molar-refractivity contribution in [1.29, 1.82) is 0 Å². The average Bonchev–Trinajstić information content (AvgIpc) is 1.99. The van der Waals surface area contributed by atoms with Crippen LogP contribution in [0.5, 0.6) is 0 Å². The van der Waals surface area contributed by atoms with Gasteiger partial charge in [0.1, 0.15) is 0 Å². The molecule has 2 N–H and O–H groups in total. The zero-order valence-electron chi connectivity index (χ0n) is 7.50. The van der Waals surface area contributed by atoms with Crippen LogP contribution in [0.3, 0.4) is 0 Å². The molecule has 2 nitrogen and oxygen atoms in total. The fraction of sp³-hybridized carbons (Fsp3) is 0.444. The molecule has 0 aliphatic carbocycles. The Morgan fingerprint density at radius 1 is 1.42 bits per heavy atom. The number of halogens is 1.